The Hall–Kier alpha value is -3.11. The maximum atomic E-state index is 3.48. The molecule has 6 rings (SSSR count). The first kappa shape index (κ1) is 17.7. The molecule has 0 unspecified atom stereocenters. The van der Waals surface area contributed by atoms with Gasteiger partial charge in [0.25, 0.3) is 0 Å². The van der Waals surface area contributed by atoms with Crippen molar-refractivity contribution >= 4 is 44.7 Å². The van der Waals surface area contributed by atoms with E-state index in [4.69, 9.17) is 0 Å². The molecule has 0 heterocycles. The monoisotopic (exact) mass is 495 g/mol. The first-order valence-electron chi connectivity index (χ1n) is 10.1. The van der Waals surface area contributed by atoms with E-state index in [2.05, 4.69) is 131 Å². The summed E-state index contributed by atoms with van der Waals surface area (Å²) in [6.07, 6.45) is 0. The lowest BCUT2D eigenvalue weighted by Crippen LogP contribution is -1.90. The summed E-state index contributed by atoms with van der Waals surface area (Å²) in [7, 11) is 0. The highest BCUT2D eigenvalue weighted by atomic mass is 127. The largest absolute Gasteiger partial charge is 0.356 e. The van der Waals surface area contributed by atoms with Crippen LogP contribution < -0.4 is 5.32 Å². The number of nitrogens with one attached hydrogen (secondary N) is 1. The van der Waals surface area contributed by atoms with Crippen LogP contribution in [0.4, 0.5) is 11.4 Å². The number of rotatable bonds is 3. The number of hydrogen-bond acceptors (Lipinski definition) is 1. The first-order chi connectivity index (χ1) is 14.8. The molecule has 1 N–H and O–H groups in total. The summed E-state index contributed by atoms with van der Waals surface area (Å²) in [6, 6.07) is 37.1. The minimum Gasteiger partial charge on any atom is -0.356 e. The molecule has 30 heavy (non-hydrogen) atoms. The molecule has 0 spiro atoms. The lowest BCUT2D eigenvalue weighted by Gasteiger charge is -2.11. The minimum atomic E-state index is 1.10. The van der Waals surface area contributed by atoms with Crippen molar-refractivity contribution in [3.8, 4) is 33.4 Å². The molecule has 5 aromatic rings. The molecule has 1 aliphatic rings. The van der Waals surface area contributed by atoms with Crippen molar-refractivity contribution in [2.75, 3.05) is 5.32 Å². The van der Waals surface area contributed by atoms with E-state index in [1.807, 2.05) is 0 Å². The van der Waals surface area contributed by atoms with Gasteiger partial charge in [0, 0.05) is 14.9 Å². The predicted molar refractivity (Wildman–Crippen MR) is 136 cm³/mol. The van der Waals surface area contributed by atoms with Crippen LogP contribution in [0.1, 0.15) is 0 Å². The Bertz CT molecular complexity index is 1370. The van der Waals surface area contributed by atoms with Gasteiger partial charge in [0.2, 0.25) is 0 Å². The normalized spacial score (nSPS) is 11.5. The second-order valence-electron chi connectivity index (χ2n) is 7.64. The van der Waals surface area contributed by atoms with E-state index in [1.54, 1.807) is 0 Å². The third-order valence-electron chi connectivity index (χ3n) is 5.88. The van der Waals surface area contributed by atoms with Gasteiger partial charge in [-0.3, -0.25) is 0 Å². The lowest BCUT2D eigenvalue weighted by atomic mass is 9.94. The van der Waals surface area contributed by atoms with Crippen molar-refractivity contribution in [2.45, 2.75) is 0 Å². The third kappa shape index (κ3) is 2.83. The van der Waals surface area contributed by atoms with Gasteiger partial charge in [0.15, 0.2) is 0 Å². The second-order valence-corrected chi connectivity index (χ2v) is 8.89. The molecule has 142 valence electrons. The molecule has 0 aromatic heterocycles. The zero-order chi connectivity index (χ0) is 20.1. The Kier molecular flexibility index (Phi) is 4.13. The molecule has 0 aliphatic heterocycles. The predicted octanol–water partition coefficient (Wildman–Crippen LogP) is 8.50. The van der Waals surface area contributed by atoms with Crippen LogP contribution in [-0.2, 0) is 0 Å². The molecule has 0 fully saturated rings. The molecule has 5 aromatic carbocycles. The van der Waals surface area contributed by atoms with E-state index in [0.29, 0.717) is 0 Å². The van der Waals surface area contributed by atoms with Gasteiger partial charge in [-0.2, -0.15) is 0 Å². The standard InChI is InChI=1S/C28H18IN/c29-19-10-14-21(15-11-19)30-20-12-8-18(9-13-20)22-16-17-27-24-5-2-1-4-23(24)26-7-3-6-25(22)28(26)27/h1-17,30H. The number of halogens is 1. The summed E-state index contributed by atoms with van der Waals surface area (Å²) in [6.45, 7) is 0. The third-order valence-corrected chi connectivity index (χ3v) is 6.60. The first-order valence-corrected chi connectivity index (χ1v) is 11.1. The van der Waals surface area contributed by atoms with Crippen molar-refractivity contribution in [2.24, 2.45) is 0 Å². The molecular formula is C28H18IN. The zero-order valence-electron chi connectivity index (χ0n) is 16.2. The van der Waals surface area contributed by atoms with Crippen LogP contribution in [0.25, 0.3) is 44.2 Å². The summed E-state index contributed by atoms with van der Waals surface area (Å²) < 4.78 is 1.24. The highest BCUT2D eigenvalue weighted by Gasteiger charge is 2.21. The Labute approximate surface area is 189 Å². The van der Waals surface area contributed by atoms with Crippen LogP contribution >= 0.6 is 22.6 Å². The van der Waals surface area contributed by atoms with Gasteiger partial charge in [-0.25, -0.2) is 0 Å². The Morgan fingerprint density at radius 1 is 0.467 bits per heavy atom. The van der Waals surface area contributed by atoms with Gasteiger partial charge in [0.1, 0.15) is 0 Å². The highest BCUT2D eigenvalue weighted by Crippen LogP contribution is 2.49. The average molecular weight is 495 g/mol. The number of hydrogen-bond donors (Lipinski definition) is 1. The fourth-order valence-corrected chi connectivity index (χ4v) is 4.85. The van der Waals surface area contributed by atoms with Crippen LogP contribution in [0.3, 0.4) is 0 Å². The van der Waals surface area contributed by atoms with E-state index in [1.165, 1.54) is 47.7 Å². The van der Waals surface area contributed by atoms with Crippen molar-refractivity contribution in [3.05, 3.63) is 107 Å². The summed E-state index contributed by atoms with van der Waals surface area (Å²) in [5.74, 6) is 0. The maximum Gasteiger partial charge on any atom is 0.0384 e. The highest BCUT2D eigenvalue weighted by molar-refractivity contribution is 14.1. The van der Waals surface area contributed by atoms with Gasteiger partial charge >= 0.3 is 0 Å². The van der Waals surface area contributed by atoms with E-state index in [9.17, 15) is 0 Å². The van der Waals surface area contributed by atoms with E-state index in [0.717, 1.165) is 11.4 Å². The summed E-state index contributed by atoms with van der Waals surface area (Å²) in [4.78, 5) is 0. The molecular weight excluding hydrogens is 477 g/mol. The summed E-state index contributed by atoms with van der Waals surface area (Å²) in [5, 5.41) is 6.18. The number of benzene rings is 5. The van der Waals surface area contributed by atoms with Gasteiger partial charge in [0.05, 0.1) is 0 Å². The molecule has 0 saturated carbocycles. The zero-order valence-corrected chi connectivity index (χ0v) is 18.4. The van der Waals surface area contributed by atoms with E-state index in [-0.39, 0.29) is 0 Å². The van der Waals surface area contributed by atoms with Crippen LogP contribution in [0.5, 0.6) is 0 Å². The Morgan fingerprint density at radius 3 is 1.73 bits per heavy atom. The second kappa shape index (κ2) is 6.99. The van der Waals surface area contributed by atoms with Crippen molar-refractivity contribution in [1.29, 1.82) is 0 Å². The molecule has 0 atom stereocenters. The number of anilines is 2. The fraction of sp³-hybridized carbons (Fsp3) is 0. The minimum absolute atomic E-state index is 1.10. The molecule has 0 saturated heterocycles. The average Bonchev–Trinajstić information content (AvgIpc) is 3.12. The quantitative estimate of drug-likeness (QED) is 0.243. The molecule has 0 radical (unpaired) electrons. The SMILES string of the molecule is Ic1ccc(Nc2ccc(-c3ccc4c5c(cccc35)-c3ccccc3-4)cc2)cc1. The van der Waals surface area contributed by atoms with Gasteiger partial charge in [-0.15, -0.1) is 0 Å². The summed E-state index contributed by atoms with van der Waals surface area (Å²) in [5.41, 5.74) is 10.1. The fourth-order valence-electron chi connectivity index (χ4n) is 4.49. The molecule has 1 nitrogen and oxygen atoms in total. The molecule has 2 heteroatoms. The van der Waals surface area contributed by atoms with Crippen LogP contribution in [0.15, 0.2) is 103 Å². The van der Waals surface area contributed by atoms with Gasteiger partial charge < -0.3 is 5.32 Å². The molecule has 1 aliphatic carbocycles. The van der Waals surface area contributed by atoms with Crippen LogP contribution in [0, 0.1) is 3.57 Å². The maximum absolute atomic E-state index is 3.48. The topological polar surface area (TPSA) is 12.0 Å². The van der Waals surface area contributed by atoms with E-state index >= 15 is 0 Å². The van der Waals surface area contributed by atoms with Gasteiger partial charge in [-0.05, 0) is 103 Å². The molecule has 0 amide bonds. The van der Waals surface area contributed by atoms with Crippen LogP contribution in [-0.4, -0.2) is 0 Å². The van der Waals surface area contributed by atoms with Crippen molar-refractivity contribution < 1.29 is 0 Å². The van der Waals surface area contributed by atoms with Crippen molar-refractivity contribution in [1.82, 2.24) is 0 Å². The van der Waals surface area contributed by atoms with Crippen LogP contribution in [0.2, 0.25) is 0 Å². The van der Waals surface area contributed by atoms with Crippen molar-refractivity contribution in [3.63, 3.8) is 0 Å². The Balaban J connectivity index is 1.41. The molecule has 0 bridgehead atoms. The lowest BCUT2D eigenvalue weighted by molar-refractivity contribution is 1.53. The Morgan fingerprint density at radius 2 is 1.03 bits per heavy atom. The van der Waals surface area contributed by atoms with Gasteiger partial charge in [-0.1, -0.05) is 66.7 Å². The smallest absolute Gasteiger partial charge is 0.0384 e. The summed E-state index contributed by atoms with van der Waals surface area (Å²) >= 11 is 2.33. The van der Waals surface area contributed by atoms with E-state index < -0.39 is 0 Å². The number of fused-ring (bicyclic) bond motifs is 3.